The largest absolute Gasteiger partial charge is 0.484 e. The predicted octanol–water partition coefficient (Wildman–Crippen LogP) is 3.75. The molecule has 6 nitrogen and oxygen atoms in total. The van der Waals surface area contributed by atoms with Crippen LogP contribution in [0.4, 0.5) is 0 Å². The minimum Gasteiger partial charge on any atom is -0.484 e. The van der Waals surface area contributed by atoms with E-state index in [-0.39, 0.29) is 24.9 Å². The normalized spacial score (nSPS) is 12.4. The van der Waals surface area contributed by atoms with Crippen molar-refractivity contribution < 1.29 is 23.4 Å². The fraction of sp³-hybridized carbons (Fsp3) is 0.158. The molecule has 3 aromatic rings. The van der Waals surface area contributed by atoms with Crippen LogP contribution >= 0.6 is 11.6 Å². The summed E-state index contributed by atoms with van der Waals surface area (Å²) in [6.07, 6.45) is 0. The standard InChI is InChI=1S/C19H13ClO6/c1-10-4-19(22)26-16-7-17(13(20)6-12(10)16)23-8-14(21)11-2-3-15-18(5-11)25-9-24-15/h2-7H,8-9H2,1H3. The molecule has 4 rings (SSSR count). The summed E-state index contributed by atoms with van der Waals surface area (Å²) in [6.45, 7) is 1.71. The van der Waals surface area contributed by atoms with Crippen LogP contribution in [0.25, 0.3) is 11.0 Å². The second-order valence-electron chi connectivity index (χ2n) is 5.81. The van der Waals surface area contributed by atoms with Gasteiger partial charge in [-0.3, -0.25) is 4.79 Å². The van der Waals surface area contributed by atoms with Crippen molar-refractivity contribution in [1.82, 2.24) is 0 Å². The van der Waals surface area contributed by atoms with Crippen LogP contribution in [0.1, 0.15) is 15.9 Å². The highest BCUT2D eigenvalue weighted by atomic mass is 35.5. The molecule has 1 aromatic heterocycles. The second-order valence-corrected chi connectivity index (χ2v) is 6.21. The Labute approximate surface area is 152 Å². The molecular formula is C19H13ClO6. The molecule has 2 heterocycles. The van der Waals surface area contributed by atoms with Gasteiger partial charge >= 0.3 is 5.63 Å². The number of hydrogen-bond donors (Lipinski definition) is 0. The predicted molar refractivity (Wildman–Crippen MR) is 94.6 cm³/mol. The molecule has 0 spiro atoms. The molecule has 26 heavy (non-hydrogen) atoms. The number of carbonyl (C=O) groups is 1. The lowest BCUT2D eigenvalue weighted by Crippen LogP contribution is -2.12. The average Bonchev–Trinajstić information content (AvgIpc) is 3.08. The number of halogens is 1. The molecule has 1 aliphatic rings. The highest BCUT2D eigenvalue weighted by Gasteiger charge is 2.17. The van der Waals surface area contributed by atoms with E-state index < -0.39 is 5.63 Å². The van der Waals surface area contributed by atoms with Crippen molar-refractivity contribution in [3.63, 3.8) is 0 Å². The van der Waals surface area contributed by atoms with Gasteiger partial charge in [0.05, 0.1) is 5.02 Å². The number of carbonyl (C=O) groups excluding carboxylic acids is 1. The Kier molecular flexibility index (Phi) is 4.05. The Bertz CT molecular complexity index is 1090. The molecule has 0 bridgehead atoms. The van der Waals surface area contributed by atoms with E-state index in [0.717, 1.165) is 5.56 Å². The zero-order chi connectivity index (χ0) is 18.3. The van der Waals surface area contributed by atoms with Gasteiger partial charge in [0.25, 0.3) is 0 Å². The van der Waals surface area contributed by atoms with Gasteiger partial charge in [-0.1, -0.05) is 11.6 Å². The molecule has 2 aromatic carbocycles. The van der Waals surface area contributed by atoms with Crippen molar-refractivity contribution in [3.05, 3.63) is 63.0 Å². The van der Waals surface area contributed by atoms with E-state index in [0.29, 0.717) is 33.1 Å². The van der Waals surface area contributed by atoms with Crippen LogP contribution in [0.2, 0.25) is 5.02 Å². The number of ketones is 1. The molecule has 7 heteroatoms. The highest BCUT2D eigenvalue weighted by Crippen LogP contribution is 2.33. The van der Waals surface area contributed by atoms with Crippen LogP contribution in [-0.2, 0) is 0 Å². The fourth-order valence-electron chi connectivity index (χ4n) is 2.73. The first-order chi connectivity index (χ1) is 12.5. The van der Waals surface area contributed by atoms with Gasteiger partial charge in [-0.2, -0.15) is 0 Å². The Morgan fingerprint density at radius 1 is 1.15 bits per heavy atom. The molecule has 0 atom stereocenters. The highest BCUT2D eigenvalue weighted by molar-refractivity contribution is 6.32. The Balaban J connectivity index is 1.56. The number of hydrogen-bond acceptors (Lipinski definition) is 6. The quantitative estimate of drug-likeness (QED) is 0.513. The summed E-state index contributed by atoms with van der Waals surface area (Å²) >= 11 is 6.23. The summed E-state index contributed by atoms with van der Waals surface area (Å²) in [5, 5.41) is 1.04. The number of fused-ring (bicyclic) bond motifs is 2. The van der Waals surface area contributed by atoms with Crippen LogP contribution < -0.4 is 19.8 Å². The summed E-state index contributed by atoms with van der Waals surface area (Å²) in [5.41, 5.74) is 1.08. The summed E-state index contributed by atoms with van der Waals surface area (Å²) in [6, 6.07) is 9.48. The third-order valence-electron chi connectivity index (χ3n) is 4.06. The maximum Gasteiger partial charge on any atom is 0.336 e. The first kappa shape index (κ1) is 16.5. The van der Waals surface area contributed by atoms with Crippen LogP contribution in [-0.4, -0.2) is 19.2 Å². The maximum absolute atomic E-state index is 12.4. The Hall–Kier alpha value is -2.99. The van der Waals surface area contributed by atoms with E-state index in [1.54, 1.807) is 31.2 Å². The molecular weight excluding hydrogens is 360 g/mol. The minimum atomic E-state index is -0.459. The van der Waals surface area contributed by atoms with Crippen molar-refractivity contribution >= 4 is 28.4 Å². The van der Waals surface area contributed by atoms with Gasteiger partial charge < -0.3 is 18.6 Å². The van der Waals surface area contributed by atoms with Crippen LogP contribution in [0.3, 0.4) is 0 Å². The van der Waals surface area contributed by atoms with Crippen molar-refractivity contribution in [2.45, 2.75) is 6.92 Å². The summed E-state index contributed by atoms with van der Waals surface area (Å²) in [7, 11) is 0. The zero-order valence-corrected chi connectivity index (χ0v) is 14.5. The molecule has 132 valence electrons. The van der Waals surface area contributed by atoms with Crippen LogP contribution in [0, 0.1) is 6.92 Å². The Morgan fingerprint density at radius 2 is 1.96 bits per heavy atom. The van der Waals surface area contributed by atoms with Gasteiger partial charge in [-0.15, -0.1) is 0 Å². The topological polar surface area (TPSA) is 75.0 Å². The van der Waals surface area contributed by atoms with Gasteiger partial charge in [0.2, 0.25) is 6.79 Å². The number of Topliss-reactive ketones (excluding diaryl/α,β-unsaturated/α-hetero) is 1. The van der Waals surface area contributed by atoms with Gasteiger partial charge in [0, 0.05) is 23.1 Å². The molecule has 0 N–H and O–H groups in total. The van der Waals surface area contributed by atoms with E-state index in [4.69, 9.17) is 30.2 Å². The SMILES string of the molecule is Cc1cc(=O)oc2cc(OCC(=O)c3ccc4c(c3)OCO4)c(Cl)cc12. The summed E-state index contributed by atoms with van der Waals surface area (Å²) in [4.78, 5) is 23.9. The molecule has 0 radical (unpaired) electrons. The molecule has 1 aliphatic heterocycles. The van der Waals surface area contributed by atoms with E-state index in [1.165, 1.54) is 12.1 Å². The number of ether oxygens (including phenoxy) is 3. The molecule has 0 fully saturated rings. The average molecular weight is 373 g/mol. The van der Waals surface area contributed by atoms with Crippen molar-refractivity contribution in [3.8, 4) is 17.2 Å². The third kappa shape index (κ3) is 2.99. The monoisotopic (exact) mass is 372 g/mol. The smallest absolute Gasteiger partial charge is 0.336 e. The summed E-state index contributed by atoms with van der Waals surface area (Å²) in [5.74, 6) is 1.15. The number of aryl methyl sites for hydroxylation is 1. The lowest BCUT2D eigenvalue weighted by Gasteiger charge is -2.09. The van der Waals surface area contributed by atoms with E-state index in [2.05, 4.69) is 0 Å². The molecule has 0 unspecified atom stereocenters. The van der Waals surface area contributed by atoms with Crippen LogP contribution in [0.5, 0.6) is 17.2 Å². The molecule has 0 aliphatic carbocycles. The van der Waals surface area contributed by atoms with Crippen molar-refractivity contribution in [1.29, 1.82) is 0 Å². The lowest BCUT2D eigenvalue weighted by molar-refractivity contribution is 0.0921. The molecule has 0 saturated heterocycles. The van der Waals surface area contributed by atoms with Gasteiger partial charge in [0.15, 0.2) is 23.9 Å². The van der Waals surface area contributed by atoms with Gasteiger partial charge in [0.1, 0.15) is 11.3 Å². The van der Waals surface area contributed by atoms with Crippen molar-refractivity contribution in [2.75, 3.05) is 13.4 Å². The number of benzene rings is 2. The fourth-order valence-corrected chi connectivity index (χ4v) is 2.95. The molecule has 0 amide bonds. The minimum absolute atomic E-state index is 0.140. The molecule has 0 saturated carbocycles. The second kappa shape index (κ2) is 6.38. The van der Waals surface area contributed by atoms with E-state index in [9.17, 15) is 9.59 Å². The Morgan fingerprint density at radius 3 is 2.81 bits per heavy atom. The summed E-state index contributed by atoms with van der Waals surface area (Å²) < 4.78 is 21.2. The number of rotatable bonds is 4. The van der Waals surface area contributed by atoms with E-state index >= 15 is 0 Å². The zero-order valence-electron chi connectivity index (χ0n) is 13.7. The first-order valence-corrected chi connectivity index (χ1v) is 8.19. The third-order valence-corrected chi connectivity index (χ3v) is 4.35. The first-order valence-electron chi connectivity index (χ1n) is 7.81. The van der Waals surface area contributed by atoms with E-state index in [1.807, 2.05) is 0 Å². The maximum atomic E-state index is 12.4. The van der Waals surface area contributed by atoms with Crippen molar-refractivity contribution in [2.24, 2.45) is 0 Å². The lowest BCUT2D eigenvalue weighted by atomic mass is 10.1. The van der Waals surface area contributed by atoms with Crippen LogP contribution in [0.15, 0.2) is 45.6 Å². The van der Waals surface area contributed by atoms with Gasteiger partial charge in [-0.25, -0.2) is 4.79 Å². The van der Waals surface area contributed by atoms with Gasteiger partial charge in [-0.05, 0) is 36.8 Å².